The highest BCUT2D eigenvalue weighted by molar-refractivity contribution is 6.02. The molecule has 0 fully saturated rings. The second kappa shape index (κ2) is 10.6. The molecule has 8 heteroatoms. The first kappa shape index (κ1) is 23.7. The Morgan fingerprint density at radius 2 is 1.76 bits per heavy atom. The maximum Gasteiger partial charge on any atom is 0.326 e. The lowest BCUT2D eigenvalue weighted by atomic mass is 10.1. The molecule has 3 rings (SSSR count). The van der Waals surface area contributed by atoms with Gasteiger partial charge in [0.1, 0.15) is 23.0 Å². The van der Waals surface area contributed by atoms with E-state index in [-0.39, 0.29) is 12.5 Å². The van der Waals surface area contributed by atoms with Gasteiger partial charge in [-0.1, -0.05) is 12.1 Å². The summed E-state index contributed by atoms with van der Waals surface area (Å²) >= 11 is 0. The minimum atomic E-state index is -0.868. The van der Waals surface area contributed by atoms with E-state index in [1.54, 1.807) is 37.3 Å². The number of urea groups is 1. The van der Waals surface area contributed by atoms with E-state index in [9.17, 15) is 9.59 Å². The Balaban J connectivity index is 1.83. The van der Waals surface area contributed by atoms with E-state index in [1.807, 2.05) is 44.2 Å². The fourth-order valence-electron chi connectivity index (χ4n) is 3.47. The molecule has 174 valence electrons. The number of amides is 2. The fourth-order valence-corrected chi connectivity index (χ4v) is 3.47. The third-order valence-electron chi connectivity index (χ3n) is 5.19. The van der Waals surface area contributed by atoms with Gasteiger partial charge in [0.05, 0.1) is 20.6 Å². The number of hydrogen-bond acceptors (Lipinski definition) is 5. The topological polar surface area (TPSA) is 101 Å². The summed E-state index contributed by atoms with van der Waals surface area (Å²) in [6.07, 6.45) is 0.334. The Bertz CT molecular complexity index is 1120. The van der Waals surface area contributed by atoms with Crippen LogP contribution in [0.4, 0.5) is 16.2 Å². The quantitative estimate of drug-likeness (QED) is 0.454. The van der Waals surface area contributed by atoms with E-state index in [4.69, 9.17) is 19.0 Å². The van der Waals surface area contributed by atoms with Gasteiger partial charge in [0.25, 0.3) is 0 Å². The molecular formula is C25H28N2O6. The fraction of sp³-hybridized carbons (Fsp3) is 0.280. The van der Waals surface area contributed by atoms with Crippen LogP contribution in [0.25, 0.3) is 11.3 Å². The lowest BCUT2D eigenvalue weighted by Gasteiger charge is -2.22. The number of aryl methyl sites for hydroxylation is 2. The maximum absolute atomic E-state index is 13.1. The Morgan fingerprint density at radius 1 is 1.06 bits per heavy atom. The zero-order valence-corrected chi connectivity index (χ0v) is 19.2. The highest BCUT2D eigenvalue weighted by Crippen LogP contribution is 2.30. The number of methoxy groups -OCH3 is 2. The molecule has 0 aliphatic rings. The predicted molar refractivity (Wildman–Crippen MR) is 126 cm³/mol. The zero-order chi connectivity index (χ0) is 24.0. The van der Waals surface area contributed by atoms with Crippen LogP contribution in [0.3, 0.4) is 0 Å². The third-order valence-corrected chi connectivity index (χ3v) is 5.19. The number of benzene rings is 2. The number of ether oxygens (including phenoxy) is 2. The lowest BCUT2D eigenvalue weighted by Crippen LogP contribution is -2.34. The van der Waals surface area contributed by atoms with Crippen molar-refractivity contribution in [2.24, 2.45) is 0 Å². The number of carbonyl (C=O) groups is 2. The summed E-state index contributed by atoms with van der Waals surface area (Å²) in [4.78, 5) is 25.5. The number of furan rings is 1. The second-order valence-electron chi connectivity index (χ2n) is 7.44. The average molecular weight is 453 g/mol. The van der Waals surface area contributed by atoms with E-state index < -0.39 is 5.97 Å². The molecule has 1 heterocycles. The van der Waals surface area contributed by atoms with Crippen LogP contribution >= 0.6 is 0 Å². The number of aliphatic carboxylic acids is 1. The van der Waals surface area contributed by atoms with Crippen molar-refractivity contribution >= 4 is 23.4 Å². The van der Waals surface area contributed by atoms with Gasteiger partial charge in [-0.05, 0) is 37.6 Å². The summed E-state index contributed by atoms with van der Waals surface area (Å²) in [5.74, 6) is 1.55. The summed E-state index contributed by atoms with van der Waals surface area (Å²) in [7, 11) is 3.10. The first-order chi connectivity index (χ1) is 15.8. The van der Waals surface area contributed by atoms with Crippen LogP contribution in [-0.4, -0.2) is 37.9 Å². The molecule has 0 saturated carbocycles. The SMILES string of the molecule is CCN(C(=O)Nc1cc(OC)cc(OC)c1)c1cccc(-c2cc(C)c(CCC(=O)O)o2)c1. The summed E-state index contributed by atoms with van der Waals surface area (Å²) < 4.78 is 16.5. The molecule has 2 N–H and O–H groups in total. The van der Waals surface area contributed by atoms with Crippen LogP contribution in [0.2, 0.25) is 0 Å². The summed E-state index contributed by atoms with van der Waals surface area (Å²) in [5.41, 5.74) is 2.94. The minimum Gasteiger partial charge on any atom is -0.497 e. The third kappa shape index (κ3) is 5.85. The number of rotatable bonds is 9. The average Bonchev–Trinajstić information content (AvgIpc) is 3.18. The number of anilines is 2. The summed E-state index contributed by atoms with van der Waals surface area (Å²) in [5, 5.41) is 11.8. The molecule has 0 bridgehead atoms. The summed E-state index contributed by atoms with van der Waals surface area (Å²) in [6.45, 7) is 4.22. The number of nitrogens with one attached hydrogen (secondary N) is 1. The van der Waals surface area contributed by atoms with E-state index in [0.717, 1.165) is 11.1 Å². The highest BCUT2D eigenvalue weighted by atomic mass is 16.5. The van der Waals surface area contributed by atoms with E-state index in [1.165, 1.54) is 0 Å². The highest BCUT2D eigenvalue weighted by Gasteiger charge is 2.17. The van der Waals surface area contributed by atoms with E-state index >= 15 is 0 Å². The molecule has 2 amide bonds. The standard InChI is InChI=1S/C25H28N2O6/c1-5-27(25(30)26-18-13-20(31-3)15-21(14-18)32-4)19-8-6-7-17(12-19)23-11-16(2)22(33-23)9-10-24(28)29/h6-8,11-15H,5,9-10H2,1-4H3,(H,26,30)(H,28,29). The molecule has 33 heavy (non-hydrogen) atoms. The van der Waals surface area contributed by atoms with Gasteiger partial charge in [0.15, 0.2) is 0 Å². The number of carboxylic acids is 1. The molecule has 8 nitrogen and oxygen atoms in total. The molecule has 0 spiro atoms. The Morgan fingerprint density at radius 3 is 2.36 bits per heavy atom. The van der Waals surface area contributed by atoms with Gasteiger partial charge in [0, 0.05) is 48.1 Å². The Kier molecular flexibility index (Phi) is 7.61. The molecular weight excluding hydrogens is 424 g/mol. The van der Waals surface area contributed by atoms with Gasteiger partial charge >= 0.3 is 12.0 Å². The Hall–Kier alpha value is -3.94. The number of hydrogen-bond donors (Lipinski definition) is 2. The van der Waals surface area contributed by atoms with Crippen LogP contribution in [0.5, 0.6) is 11.5 Å². The van der Waals surface area contributed by atoms with Crippen molar-refractivity contribution in [2.75, 3.05) is 31.0 Å². The van der Waals surface area contributed by atoms with Crippen molar-refractivity contribution in [3.8, 4) is 22.8 Å². The van der Waals surface area contributed by atoms with Gasteiger partial charge < -0.3 is 24.3 Å². The minimum absolute atomic E-state index is 0.00662. The number of nitrogens with zero attached hydrogens (tertiary/aromatic N) is 1. The lowest BCUT2D eigenvalue weighted by molar-refractivity contribution is -0.137. The molecule has 3 aromatic rings. The normalized spacial score (nSPS) is 10.5. The monoisotopic (exact) mass is 452 g/mol. The van der Waals surface area contributed by atoms with Crippen LogP contribution in [-0.2, 0) is 11.2 Å². The molecule has 0 aliphatic carbocycles. The van der Waals surface area contributed by atoms with Crippen molar-refractivity contribution in [2.45, 2.75) is 26.7 Å². The van der Waals surface area contributed by atoms with Crippen LogP contribution < -0.4 is 19.7 Å². The first-order valence-electron chi connectivity index (χ1n) is 10.6. The van der Waals surface area contributed by atoms with E-state index in [2.05, 4.69) is 5.32 Å². The largest absolute Gasteiger partial charge is 0.497 e. The molecule has 2 aromatic carbocycles. The van der Waals surface area contributed by atoms with Crippen LogP contribution in [0.1, 0.15) is 24.7 Å². The van der Waals surface area contributed by atoms with Gasteiger partial charge in [-0.15, -0.1) is 0 Å². The number of carboxylic acid groups (broad SMARTS) is 1. The van der Waals surface area contributed by atoms with Gasteiger partial charge in [-0.2, -0.15) is 0 Å². The van der Waals surface area contributed by atoms with Crippen molar-refractivity contribution in [3.05, 3.63) is 59.9 Å². The molecule has 0 unspecified atom stereocenters. The Labute approximate surface area is 192 Å². The second-order valence-corrected chi connectivity index (χ2v) is 7.44. The van der Waals surface area contributed by atoms with Crippen molar-refractivity contribution in [1.82, 2.24) is 0 Å². The van der Waals surface area contributed by atoms with Crippen LogP contribution in [0.15, 0.2) is 52.9 Å². The molecule has 0 atom stereocenters. The molecule has 1 aromatic heterocycles. The smallest absolute Gasteiger partial charge is 0.326 e. The molecule has 0 aliphatic heterocycles. The molecule has 0 radical (unpaired) electrons. The van der Waals surface area contributed by atoms with E-state index in [0.29, 0.717) is 47.4 Å². The number of carbonyl (C=O) groups excluding carboxylic acids is 1. The summed E-state index contributed by atoms with van der Waals surface area (Å²) in [6, 6.07) is 14.2. The van der Waals surface area contributed by atoms with Gasteiger partial charge in [-0.25, -0.2) is 4.79 Å². The van der Waals surface area contributed by atoms with Crippen LogP contribution in [0, 0.1) is 6.92 Å². The van der Waals surface area contributed by atoms with Gasteiger partial charge in [-0.3, -0.25) is 9.69 Å². The van der Waals surface area contributed by atoms with Gasteiger partial charge in [0.2, 0.25) is 0 Å². The zero-order valence-electron chi connectivity index (χ0n) is 19.2. The predicted octanol–water partition coefficient (Wildman–Crippen LogP) is 5.35. The molecule has 0 saturated heterocycles. The van der Waals surface area contributed by atoms with Crippen molar-refractivity contribution in [1.29, 1.82) is 0 Å². The first-order valence-corrected chi connectivity index (χ1v) is 10.6. The maximum atomic E-state index is 13.1. The van der Waals surface area contributed by atoms with Crippen molar-refractivity contribution in [3.63, 3.8) is 0 Å². The van der Waals surface area contributed by atoms with Crippen molar-refractivity contribution < 1.29 is 28.6 Å².